The Hall–Kier alpha value is -1.28. The zero-order valence-electron chi connectivity index (χ0n) is 10.3. The Bertz CT molecular complexity index is 682. The molecule has 6 nitrogen and oxygen atoms in total. The second kappa shape index (κ2) is 4.92. The van der Waals surface area contributed by atoms with Crippen molar-refractivity contribution < 1.29 is 9.90 Å². The molecule has 1 aromatic carbocycles. The van der Waals surface area contributed by atoms with Crippen molar-refractivity contribution in [3.8, 4) is 11.4 Å². The minimum Gasteiger partial charge on any atom is -0.479 e. The molecule has 0 bridgehead atoms. The summed E-state index contributed by atoms with van der Waals surface area (Å²) in [5, 5.41) is 21.1. The number of tetrazole rings is 1. The maximum atomic E-state index is 11.6. The van der Waals surface area contributed by atoms with Gasteiger partial charge in [-0.2, -0.15) is 0 Å². The van der Waals surface area contributed by atoms with Crippen molar-refractivity contribution in [3.05, 3.63) is 27.1 Å². The van der Waals surface area contributed by atoms with Crippen LogP contribution in [0.3, 0.4) is 0 Å². The van der Waals surface area contributed by atoms with Gasteiger partial charge in [0, 0.05) is 14.5 Å². The molecule has 3 rings (SSSR count). The first kappa shape index (κ1) is 13.7. The van der Waals surface area contributed by atoms with Crippen LogP contribution in [0, 0.1) is 0 Å². The fourth-order valence-electron chi connectivity index (χ4n) is 2.34. The molecule has 1 aliphatic carbocycles. The van der Waals surface area contributed by atoms with E-state index in [1.165, 1.54) is 4.68 Å². The number of hydrogen-bond acceptors (Lipinski definition) is 4. The summed E-state index contributed by atoms with van der Waals surface area (Å²) < 4.78 is 3.17. The van der Waals surface area contributed by atoms with E-state index in [1.54, 1.807) is 0 Å². The fourth-order valence-corrected chi connectivity index (χ4v) is 3.57. The Morgan fingerprint density at radius 2 is 2.10 bits per heavy atom. The summed E-state index contributed by atoms with van der Waals surface area (Å²) in [7, 11) is 0. The van der Waals surface area contributed by atoms with Crippen molar-refractivity contribution in [2.75, 3.05) is 0 Å². The zero-order valence-corrected chi connectivity index (χ0v) is 13.4. The van der Waals surface area contributed by atoms with Crippen LogP contribution in [0.15, 0.2) is 27.1 Å². The number of benzene rings is 1. The second-order valence-electron chi connectivity index (χ2n) is 4.73. The molecule has 1 heterocycles. The van der Waals surface area contributed by atoms with Gasteiger partial charge in [-0.15, -0.1) is 5.10 Å². The predicted octanol–water partition coefficient (Wildman–Crippen LogP) is 2.83. The lowest BCUT2D eigenvalue weighted by molar-refractivity contribution is -0.153. The van der Waals surface area contributed by atoms with E-state index < -0.39 is 11.5 Å². The number of aromatic nitrogens is 4. The van der Waals surface area contributed by atoms with Gasteiger partial charge in [0.05, 0.1) is 0 Å². The van der Waals surface area contributed by atoms with Crippen molar-refractivity contribution >= 4 is 37.8 Å². The van der Waals surface area contributed by atoms with Crippen LogP contribution in [0.4, 0.5) is 0 Å². The average Bonchev–Trinajstić information content (AvgIpc) is 2.76. The number of nitrogens with zero attached hydrogens (tertiary/aromatic N) is 4. The number of carbonyl (C=O) groups is 1. The largest absolute Gasteiger partial charge is 0.479 e. The Balaban J connectivity index is 2.13. The van der Waals surface area contributed by atoms with Crippen LogP contribution in [-0.4, -0.2) is 31.3 Å². The van der Waals surface area contributed by atoms with Crippen molar-refractivity contribution in [2.24, 2.45) is 0 Å². The molecule has 1 aliphatic rings. The first-order chi connectivity index (χ1) is 9.54. The number of halogens is 2. The topological polar surface area (TPSA) is 80.9 Å². The van der Waals surface area contributed by atoms with Gasteiger partial charge in [0.2, 0.25) is 0 Å². The molecular formula is C12H10Br2N4O2. The average molecular weight is 402 g/mol. The summed E-state index contributed by atoms with van der Waals surface area (Å²) in [6, 6.07) is 5.60. The SMILES string of the molecule is O=C(O)C1(n2nnnc2-c2ccc(Br)cc2Br)CCC1. The van der Waals surface area contributed by atoms with Gasteiger partial charge >= 0.3 is 5.97 Å². The van der Waals surface area contributed by atoms with Crippen LogP contribution in [0.5, 0.6) is 0 Å². The smallest absolute Gasteiger partial charge is 0.331 e. The highest BCUT2D eigenvalue weighted by Gasteiger charge is 2.49. The van der Waals surface area contributed by atoms with Gasteiger partial charge in [0.15, 0.2) is 11.4 Å². The first-order valence-corrected chi connectivity index (χ1v) is 7.61. The molecule has 0 saturated heterocycles. The lowest BCUT2D eigenvalue weighted by Gasteiger charge is -2.37. The van der Waals surface area contributed by atoms with E-state index in [4.69, 9.17) is 0 Å². The molecule has 8 heteroatoms. The third-order valence-electron chi connectivity index (χ3n) is 3.63. The molecule has 104 valence electrons. The number of rotatable bonds is 3. The van der Waals surface area contributed by atoms with E-state index in [9.17, 15) is 9.90 Å². The van der Waals surface area contributed by atoms with Gasteiger partial charge in [0.1, 0.15) is 0 Å². The van der Waals surface area contributed by atoms with E-state index in [0.717, 1.165) is 20.9 Å². The van der Waals surface area contributed by atoms with Gasteiger partial charge in [0.25, 0.3) is 0 Å². The van der Waals surface area contributed by atoms with E-state index in [2.05, 4.69) is 47.4 Å². The fraction of sp³-hybridized carbons (Fsp3) is 0.333. The lowest BCUT2D eigenvalue weighted by atomic mass is 9.76. The van der Waals surface area contributed by atoms with E-state index in [1.807, 2.05) is 18.2 Å². The van der Waals surface area contributed by atoms with Crippen LogP contribution in [0.25, 0.3) is 11.4 Å². The Kier molecular flexibility index (Phi) is 3.37. The number of carboxylic acids is 1. The highest BCUT2D eigenvalue weighted by atomic mass is 79.9. The normalized spacial score (nSPS) is 16.7. The predicted molar refractivity (Wildman–Crippen MR) is 78.1 cm³/mol. The molecule has 0 radical (unpaired) electrons. The molecule has 1 aromatic heterocycles. The van der Waals surface area contributed by atoms with E-state index in [0.29, 0.717) is 18.7 Å². The Morgan fingerprint density at radius 1 is 1.35 bits per heavy atom. The molecular weight excluding hydrogens is 392 g/mol. The molecule has 20 heavy (non-hydrogen) atoms. The Labute approximate surface area is 131 Å². The molecule has 0 amide bonds. The highest BCUT2D eigenvalue weighted by molar-refractivity contribution is 9.11. The second-order valence-corrected chi connectivity index (χ2v) is 6.50. The maximum Gasteiger partial charge on any atom is 0.331 e. The lowest BCUT2D eigenvalue weighted by Crippen LogP contribution is -2.48. The molecule has 0 unspecified atom stereocenters. The van der Waals surface area contributed by atoms with Crippen LogP contribution < -0.4 is 0 Å². The molecule has 0 spiro atoms. The summed E-state index contributed by atoms with van der Waals surface area (Å²) in [6.45, 7) is 0. The van der Waals surface area contributed by atoms with Crippen LogP contribution in [0.1, 0.15) is 19.3 Å². The van der Waals surface area contributed by atoms with Crippen LogP contribution in [0.2, 0.25) is 0 Å². The number of carboxylic acid groups (broad SMARTS) is 1. The molecule has 1 N–H and O–H groups in total. The van der Waals surface area contributed by atoms with Gasteiger partial charge < -0.3 is 5.11 Å². The molecule has 0 atom stereocenters. The van der Waals surface area contributed by atoms with E-state index >= 15 is 0 Å². The third-order valence-corrected chi connectivity index (χ3v) is 4.78. The first-order valence-electron chi connectivity index (χ1n) is 6.02. The number of aliphatic carboxylic acids is 1. The quantitative estimate of drug-likeness (QED) is 0.855. The number of hydrogen-bond donors (Lipinski definition) is 1. The van der Waals surface area contributed by atoms with Crippen LogP contribution in [-0.2, 0) is 10.3 Å². The maximum absolute atomic E-state index is 11.6. The highest BCUT2D eigenvalue weighted by Crippen LogP contribution is 2.41. The molecule has 1 saturated carbocycles. The molecule has 2 aromatic rings. The third kappa shape index (κ3) is 1.98. The minimum atomic E-state index is -1.01. The molecule has 0 aliphatic heterocycles. The van der Waals surface area contributed by atoms with Crippen molar-refractivity contribution in [1.82, 2.24) is 20.2 Å². The van der Waals surface area contributed by atoms with Gasteiger partial charge in [-0.05, 0) is 63.8 Å². The van der Waals surface area contributed by atoms with Gasteiger partial charge in [-0.1, -0.05) is 15.9 Å². The summed E-state index contributed by atoms with van der Waals surface area (Å²) in [5.74, 6) is -0.419. The minimum absolute atomic E-state index is 0.464. The van der Waals surface area contributed by atoms with Crippen LogP contribution >= 0.6 is 31.9 Å². The van der Waals surface area contributed by atoms with Crippen molar-refractivity contribution in [2.45, 2.75) is 24.8 Å². The van der Waals surface area contributed by atoms with Gasteiger partial charge in [-0.3, -0.25) is 0 Å². The van der Waals surface area contributed by atoms with Crippen molar-refractivity contribution in [3.63, 3.8) is 0 Å². The van der Waals surface area contributed by atoms with E-state index in [-0.39, 0.29) is 0 Å². The Morgan fingerprint density at radius 3 is 2.65 bits per heavy atom. The summed E-state index contributed by atoms with van der Waals surface area (Å²) in [4.78, 5) is 11.6. The van der Waals surface area contributed by atoms with Gasteiger partial charge in [-0.25, -0.2) is 9.48 Å². The summed E-state index contributed by atoms with van der Waals surface area (Å²) in [6.07, 6.45) is 1.97. The van der Waals surface area contributed by atoms with Crippen molar-refractivity contribution in [1.29, 1.82) is 0 Å². The summed E-state index contributed by atoms with van der Waals surface area (Å²) >= 11 is 6.84. The standard InChI is InChI=1S/C12H10Br2N4O2/c13-7-2-3-8(9(14)6-7)10-15-16-17-18(10)12(11(19)20)4-1-5-12/h2-3,6H,1,4-5H2,(H,19,20). The monoisotopic (exact) mass is 400 g/mol. The molecule has 1 fully saturated rings. The summed E-state index contributed by atoms with van der Waals surface area (Å²) in [5.41, 5.74) is -0.239. The zero-order chi connectivity index (χ0) is 14.3.